The fraction of sp³-hybridized carbons (Fsp3) is 0.739. The maximum absolute atomic E-state index is 13.2. The van der Waals surface area contributed by atoms with E-state index in [1.165, 1.54) is 13.2 Å². The summed E-state index contributed by atoms with van der Waals surface area (Å²) in [6, 6.07) is 3.51. The van der Waals surface area contributed by atoms with Crippen LogP contribution in [0.3, 0.4) is 0 Å². The van der Waals surface area contributed by atoms with Crippen molar-refractivity contribution in [2.75, 3.05) is 184 Å². The van der Waals surface area contributed by atoms with E-state index in [1.807, 2.05) is 0 Å². The van der Waals surface area contributed by atoms with Crippen molar-refractivity contribution in [2.45, 2.75) is 44.6 Å². The molecule has 23 heteroatoms. The molecule has 392 valence electrons. The van der Waals surface area contributed by atoms with Gasteiger partial charge in [-0.3, -0.25) is 34.2 Å². The Bertz CT molecular complexity index is 1600. The molecule has 1 aromatic carbocycles. The Morgan fingerprint density at radius 1 is 0.536 bits per heavy atom. The molecule has 1 aromatic rings. The molecule has 69 heavy (non-hydrogen) atoms. The van der Waals surface area contributed by atoms with Gasteiger partial charge >= 0.3 is 5.97 Å². The number of nitrogens with zero attached hydrogens (tertiary/aromatic N) is 1. The zero-order valence-corrected chi connectivity index (χ0v) is 40.0. The largest absolute Gasteiger partial charge is 0.467 e. The molecule has 0 saturated carbocycles. The first kappa shape index (κ1) is 59.2. The van der Waals surface area contributed by atoms with Crippen LogP contribution in [0.5, 0.6) is 0 Å². The molecule has 1 unspecified atom stereocenters. The molecule has 2 heterocycles. The van der Waals surface area contributed by atoms with Crippen molar-refractivity contribution in [2.24, 2.45) is 0 Å². The number of hydrogen-bond donors (Lipinski definition) is 2. The number of carbonyl (C=O) groups excluding carboxylic acids is 6. The molecule has 2 N–H and O–H groups in total. The summed E-state index contributed by atoms with van der Waals surface area (Å²) in [5.41, 5.74) is 0.368. The Balaban J connectivity index is 0.953. The summed E-state index contributed by atoms with van der Waals surface area (Å²) in [6.45, 7) is 11.1. The quantitative estimate of drug-likeness (QED) is 0.0524. The number of nitrogens with one attached hydrogen (secondary N) is 2. The summed E-state index contributed by atoms with van der Waals surface area (Å²) in [4.78, 5) is 74.5. The molecule has 0 bridgehead atoms. The van der Waals surface area contributed by atoms with E-state index in [0.29, 0.717) is 172 Å². The molecule has 5 amide bonds. The molecule has 2 aliphatic rings. The SMILES string of the molecule is COC(=O)COCCOCCOCCOCCOCCOCCOCCOCCOCCOCCOCCOCCOCCCCCC(=O)Nc1cccc2c1C(=O)N(C1CCC(=O)NC1=O)C2=O. The number of ether oxygens (including phenoxy) is 14. The number of esters is 1. The lowest BCUT2D eigenvalue weighted by Crippen LogP contribution is -2.54. The number of amides is 5. The van der Waals surface area contributed by atoms with Gasteiger partial charge in [-0.25, -0.2) is 4.79 Å². The van der Waals surface area contributed by atoms with Crippen LogP contribution in [0.15, 0.2) is 18.2 Å². The van der Waals surface area contributed by atoms with E-state index in [0.717, 1.165) is 17.7 Å². The minimum absolute atomic E-state index is 0.0236. The fourth-order valence-electron chi connectivity index (χ4n) is 6.35. The number of unbranched alkanes of at least 4 members (excludes halogenated alkanes) is 2. The smallest absolute Gasteiger partial charge is 0.331 e. The van der Waals surface area contributed by atoms with Crippen LogP contribution in [0, 0.1) is 0 Å². The maximum atomic E-state index is 13.2. The third-order valence-corrected chi connectivity index (χ3v) is 9.85. The van der Waals surface area contributed by atoms with Crippen molar-refractivity contribution in [3.05, 3.63) is 29.3 Å². The van der Waals surface area contributed by atoms with Gasteiger partial charge in [-0.05, 0) is 31.4 Å². The second kappa shape index (κ2) is 39.6. The van der Waals surface area contributed by atoms with Crippen molar-refractivity contribution >= 4 is 41.2 Å². The number of rotatable bonds is 46. The van der Waals surface area contributed by atoms with Gasteiger partial charge in [0.15, 0.2) is 0 Å². The highest BCUT2D eigenvalue weighted by atomic mass is 16.6. The predicted molar refractivity (Wildman–Crippen MR) is 243 cm³/mol. The summed E-state index contributed by atoms with van der Waals surface area (Å²) in [5, 5.41) is 4.90. The van der Waals surface area contributed by atoms with Crippen molar-refractivity contribution < 1.29 is 95.1 Å². The van der Waals surface area contributed by atoms with Gasteiger partial charge < -0.3 is 71.6 Å². The van der Waals surface area contributed by atoms with Gasteiger partial charge in [0.1, 0.15) is 12.6 Å². The number of fused-ring (bicyclic) bond motifs is 1. The van der Waals surface area contributed by atoms with E-state index >= 15 is 0 Å². The van der Waals surface area contributed by atoms with E-state index in [2.05, 4.69) is 15.4 Å². The summed E-state index contributed by atoms with van der Waals surface area (Å²) < 4.78 is 75.3. The van der Waals surface area contributed by atoms with Crippen LogP contribution in [0.1, 0.15) is 59.2 Å². The van der Waals surface area contributed by atoms with Crippen LogP contribution in [0.2, 0.25) is 0 Å². The second-order valence-corrected chi connectivity index (χ2v) is 15.0. The second-order valence-electron chi connectivity index (χ2n) is 15.0. The van der Waals surface area contributed by atoms with Crippen molar-refractivity contribution in [1.82, 2.24) is 10.2 Å². The third kappa shape index (κ3) is 27.2. The summed E-state index contributed by atoms with van der Waals surface area (Å²) in [6.07, 6.45) is 2.41. The van der Waals surface area contributed by atoms with Crippen LogP contribution in [-0.2, 0) is 85.5 Å². The fourth-order valence-corrected chi connectivity index (χ4v) is 6.35. The molecular weight excluding hydrogens is 915 g/mol. The number of piperidine rings is 1. The van der Waals surface area contributed by atoms with Gasteiger partial charge in [0.05, 0.1) is 182 Å². The normalized spacial score (nSPS) is 14.7. The van der Waals surface area contributed by atoms with E-state index in [-0.39, 0.29) is 48.6 Å². The predicted octanol–water partition coefficient (Wildman–Crippen LogP) is 0.976. The van der Waals surface area contributed by atoms with Crippen molar-refractivity contribution in [1.29, 1.82) is 0 Å². The monoisotopic (exact) mass is 987 g/mol. The summed E-state index contributed by atoms with van der Waals surface area (Å²) in [5.74, 6) is -3.16. The molecule has 3 rings (SSSR count). The first-order chi connectivity index (χ1) is 33.8. The topological polar surface area (TPSA) is 259 Å². The minimum atomic E-state index is -1.08. The highest BCUT2D eigenvalue weighted by Gasteiger charge is 2.45. The Labute approximate surface area is 403 Å². The average molecular weight is 988 g/mol. The van der Waals surface area contributed by atoms with E-state index in [9.17, 15) is 28.8 Å². The molecule has 0 radical (unpaired) electrons. The number of methoxy groups -OCH3 is 1. The van der Waals surface area contributed by atoms with E-state index in [4.69, 9.17) is 61.6 Å². The molecule has 1 saturated heterocycles. The molecular formula is C46H73N3O20. The maximum Gasteiger partial charge on any atom is 0.331 e. The number of carbonyl (C=O) groups is 6. The Kier molecular flexibility index (Phi) is 34.0. The lowest BCUT2D eigenvalue weighted by Gasteiger charge is -2.27. The van der Waals surface area contributed by atoms with Crippen LogP contribution in [-0.4, -0.2) is 225 Å². The van der Waals surface area contributed by atoms with Gasteiger partial charge in [0.2, 0.25) is 17.7 Å². The Morgan fingerprint density at radius 2 is 0.942 bits per heavy atom. The number of imide groups is 2. The highest BCUT2D eigenvalue weighted by molar-refractivity contribution is 6.26. The minimum Gasteiger partial charge on any atom is -0.467 e. The van der Waals surface area contributed by atoms with Gasteiger partial charge in [-0.2, -0.15) is 0 Å². The number of benzene rings is 1. The molecule has 1 fully saturated rings. The molecule has 0 spiro atoms. The zero-order chi connectivity index (χ0) is 49.4. The molecule has 0 aromatic heterocycles. The Morgan fingerprint density at radius 3 is 1.35 bits per heavy atom. The standard InChI is InChI=1S/C46H73N3O20/c1-56-42(52)36-69-35-34-68-33-32-67-31-30-66-29-28-65-27-26-64-25-24-63-23-22-62-21-20-61-19-18-60-17-16-59-15-14-58-13-12-57-11-4-2-3-8-40(50)47-38-7-5-6-37-43(38)46(55)49(45(37)54)39-9-10-41(51)48-44(39)53/h5-7,39H,2-4,8-36H2,1H3,(H,47,50)(H,48,51,53). The van der Waals surface area contributed by atoms with Crippen molar-refractivity contribution in [3.8, 4) is 0 Å². The van der Waals surface area contributed by atoms with Gasteiger partial charge in [0.25, 0.3) is 11.8 Å². The van der Waals surface area contributed by atoms with E-state index < -0.39 is 35.6 Å². The van der Waals surface area contributed by atoms with Gasteiger partial charge in [0, 0.05) is 19.4 Å². The lowest BCUT2D eigenvalue weighted by atomic mass is 10.0. The van der Waals surface area contributed by atoms with Gasteiger partial charge in [-0.15, -0.1) is 0 Å². The first-order valence-corrected chi connectivity index (χ1v) is 23.5. The number of hydrogen-bond acceptors (Lipinski definition) is 20. The highest BCUT2D eigenvalue weighted by Crippen LogP contribution is 2.32. The number of anilines is 1. The zero-order valence-electron chi connectivity index (χ0n) is 40.0. The first-order valence-electron chi connectivity index (χ1n) is 23.5. The molecule has 2 aliphatic heterocycles. The van der Waals surface area contributed by atoms with Crippen LogP contribution < -0.4 is 10.6 Å². The van der Waals surface area contributed by atoms with Crippen LogP contribution >= 0.6 is 0 Å². The summed E-state index contributed by atoms with van der Waals surface area (Å²) in [7, 11) is 1.31. The van der Waals surface area contributed by atoms with Gasteiger partial charge in [-0.1, -0.05) is 12.5 Å². The lowest BCUT2D eigenvalue weighted by molar-refractivity contribution is -0.146. The van der Waals surface area contributed by atoms with Crippen molar-refractivity contribution in [3.63, 3.8) is 0 Å². The summed E-state index contributed by atoms with van der Waals surface area (Å²) >= 11 is 0. The molecule has 1 atom stereocenters. The Hall–Kier alpha value is -4.08. The van der Waals surface area contributed by atoms with E-state index in [1.54, 1.807) is 12.1 Å². The van der Waals surface area contributed by atoms with Crippen LogP contribution in [0.4, 0.5) is 5.69 Å². The van der Waals surface area contributed by atoms with Crippen LogP contribution in [0.25, 0.3) is 0 Å². The third-order valence-electron chi connectivity index (χ3n) is 9.85. The molecule has 23 nitrogen and oxygen atoms in total. The molecule has 0 aliphatic carbocycles. The average Bonchev–Trinajstić information content (AvgIpc) is 3.60.